The molecular formula is C12H20N6O. The monoisotopic (exact) mass is 264 g/mol. The van der Waals surface area contributed by atoms with Crippen molar-refractivity contribution >= 4 is 0 Å². The molecular weight excluding hydrogens is 244 g/mol. The Morgan fingerprint density at radius 3 is 3.00 bits per heavy atom. The van der Waals surface area contributed by atoms with E-state index in [9.17, 15) is 0 Å². The summed E-state index contributed by atoms with van der Waals surface area (Å²) in [6.45, 7) is 5.13. The van der Waals surface area contributed by atoms with Gasteiger partial charge in [-0.1, -0.05) is 12.1 Å². The van der Waals surface area contributed by atoms with E-state index in [1.807, 2.05) is 19.4 Å². The third kappa shape index (κ3) is 4.36. The van der Waals surface area contributed by atoms with Gasteiger partial charge >= 0.3 is 0 Å². The number of rotatable bonds is 8. The summed E-state index contributed by atoms with van der Waals surface area (Å²) in [5, 5.41) is 15.5. The first kappa shape index (κ1) is 13.5. The van der Waals surface area contributed by atoms with Gasteiger partial charge in [0.15, 0.2) is 5.75 Å². The van der Waals surface area contributed by atoms with Crippen LogP contribution in [0.3, 0.4) is 0 Å². The fourth-order valence-electron chi connectivity index (χ4n) is 1.65. The fourth-order valence-corrected chi connectivity index (χ4v) is 1.65. The summed E-state index contributed by atoms with van der Waals surface area (Å²) < 4.78 is 9.05. The average molecular weight is 264 g/mol. The summed E-state index contributed by atoms with van der Waals surface area (Å²) >= 11 is 0. The Hall–Kier alpha value is -1.89. The number of hydrogen-bond donors (Lipinski definition) is 1. The zero-order chi connectivity index (χ0) is 13.5. The van der Waals surface area contributed by atoms with E-state index in [1.54, 1.807) is 15.6 Å². The highest BCUT2D eigenvalue weighted by atomic mass is 16.5. The van der Waals surface area contributed by atoms with Crippen LogP contribution < -0.4 is 10.1 Å². The van der Waals surface area contributed by atoms with Gasteiger partial charge in [-0.15, -0.1) is 5.10 Å². The van der Waals surface area contributed by atoms with E-state index in [2.05, 4.69) is 27.7 Å². The molecule has 104 valence electrons. The Balaban J connectivity index is 1.71. The quantitative estimate of drug-likeness (QED) is 0.707. The van der Waals surface area contributed by atoms with Gasteiger partial charge in [0.05, 0.1) is 24.6 Å². The Kier molecular flexibility index (Phi) is 4.91. The van der Waals surface area contributed by atoms with E-state index in [4.69, 9.17) is 4.74 Å². The Labute approximate surface area is 112 Å². The van der Waals surface area contributed by atoms with Gasteiger partial charge in [0.1, 0.15) is 6.61 Å². The summed E-state index contributed by atoms with van der Waals surface area (Å²) in [6, 6.07) is 0. The Morgan fingerprint density at radius 2 is 2.26 bits per heavy atom. The van der Waals surface area contributed by atoms with Crippen LogP contribution in [0.5, 0.6) is 5.75 Å². The smallest absolute Gasteiger partial charge is 0.157 e. The number of nitrogens with zero attached hydrogens (tertiary/aromatic N) is 5. The minimum absolute atomic E-state index is 0.552. The molecule has 1 N–H and O–H groups in total. The molecule has 2 rings (SSSR count). The van der Waals surface area contributed by atoms with Crippen molar-refractivity contribution in [2.75, 3.05) is 13.2 Å². The molecule has 0 saturated heterocycles. The number of aryl methyl sites for hydroxylation is 1. The van der Waals surface area contributed by atoms with Gasteiger partial charge in [-0.05, 0) is 13.0 Å². The molecule has 0 unspecified atom stereocenters. The van der Waals surface area contributed by atoms with Gasteiger partial charge < -0.3 is 10.1 Å². The zero-order valence-corrected chi connectivity index (χ0v) is 11.4. The Bertz CT molecular complexity index is 492. The van der Waals surface area contributed by atoms with Crippen LogP contribution in [0.2, 0.25) is 0 Å². The minimum Gasteiger partial charge on any atom is -0.488 e. The molecule has 2 aromatic rings. The van der Waals surface area contributed by atoms with Gasteiger partial charge in [-0.3, -0.25) is 4.68 Å². The maximum Gasteiger partial charge on any atom is 0.157 e. The molecule has 0 spiro atoms. The lowest BCUT2D eigenvalue weighted by atomic mass is 10.4. The SMILES string of the molecule is CCCNCc1cn(CCOc2cnn(C)c2)nn1. The van der Waals surface area contributed by atoms with Gasteiger partial charge in [0.2, 0.25) is 0 Å². The van der Waals surface area contributed by atoms with Crippen molar-refractivity contribution in [3.05, 3.63) is 24.3 Å². The number of hydrogen-bond acceptors (Lipinski definition) is 5. The predicted molar refractivity (Wildman–Crippen MR) is 70.7 cm³/mol. The molecule has 0 amide bonds. The second-order valence-corrected chi connectivity index (χ2v) is 4.35. The summed E-state index contributed by atoms with van der Waals surface area (Å²) in [5.41, 5.74) is 0.954. The molecule has 0 fully saturated rings. The molecule has 0 aliphatic rings. The summed E-state index contributed by atoms with van der Waals surface area (Å²) in [6.07, 6.45) is 6.59. The maximum absolute atomic E-state index is 5.55. The lowest BCUT2D eigenvalue weighted by Gasteiger charge is -2.02. The van der Waals surface area contributed by atoms with Gasteiger partial charge in [-0.2, -0.15) is 5.10 Å². The predicted octanol–water partition coefficient (Wildman–Crippen LogP) is 0.590. The summed E-state index contributed by atoms with van der Waals surface area (Å²) in [7, 11) is 1.86. The van der Waals surface area contributed by atoms with Crippen LogP contribution >= 0.6 is 0 Å². The molecule has 19 heavy (non-hydrogen) atoms. The second-order valence-electron chi connectivity index (χ2n) is 4.35. The van der Waals surface area contributed by atoms with Crippen LogP contribution in [0, 0.1) is 0 Å². The van der Waals surface area contributed by atoms with Crippen LogP contribution in [0.25, 0.3) is 0 Å². The normalized spacial score (nSPS) is 10.8. The first-order chi connectivity index (χ1) is 9.28. The van der Waals surface area contributed by atoms with Crippen molar-refractivity contribution in [2.24, 2.45) is 7.05 Å². The van der Waals surface area contributed by atoms with E-state index in [-0.39, 0.29) is 0 Å². The lowest BCUT2D eigenvalue weighted by molar-refractivity contribution is 0.289. The van der Waals surface area contributed by atoms with E-state index >= 15 is 0 Å². The van der Waals surface area contributed by atoms with Crippen molar-refractivity contribution in [1.82, 2.24) is 30.1 Å². The fraction of sp³-hybridized carbons (Fsp3) is 0.583. The zero-order valence-electron chi connectivity index (χ0n) is 11.4. The number of ether oxygens (including phenoxy) is 1. The van der Waals surface area contributed by atoms with Crippen LogP contribution in [-0.4, -0.2) is 37.9 Å². The molecule has 2 heterocycles. The standard InChI is InChI=1S/C12H20N6O/c1-3-4-13-7-11-9-18(16-15-11)5-6-19-12-8-14-17(2)10-12/h8-10,13H,3-7H2,1-2H3. The van der Waals surface area contributed by atoms with E-state index < -0.39 is 0 Å². The lowest BCUT2D eigenvalue weighted by Crippen LogP contribution is -2.14. The minimum atomic E-state index is 0.552. The van der Waals surface area contributed by atoms with Crippen molar-refractivity contribution in [3.8, 4) is 5.75 Å². The van der Waals surface area contributed by atoms with Crippen LogP contribution in [0.1, 0.15) is 19.0 Å². The van der Waals surface area contributed by atoms with E-state index in [0.29, 0.717) is 13.2 Å². The van der Waals surface area contributed by atoms with Crippen LogP contribution in [-0.2, 0) is 20.1 Å². The van der Waals surface area contributed by atoms with E-state index in [1.165, 1.54) is 0 Å². The van der Waals surface area contributed by atoms with Crippen molar-refractivity contribution in [2.45, 2.75) is 26.4 Å². The molecule has 7 heteroatoms. The highest BCUT2D eigenvalue weighted by molar-refractivity contribution is 5.11. The van der Waals surface area contributed by atoms with Crippen molar-refractivity contribution in [1.29, 1.82) is 0 Å². The maximum atomic E-state index is 5.55. The molecule has 0 bridgehead atoms. The Morgan fingerprint density at radius 1 is 1.37 bits per heavy atom. The largest absolute Gasteiger partial charge is 0.488 e. The summed E-state index contributed by atoms with van der Waals surface area (Å²) in [4.78, 5) is 0. The molecule has 7 nitrogen and oxygen atoms in total. The molecule has 0 aliphatic heterocycles. The van der Waals surface area contributed by atoms with Crippen LogP contribution in [0.15, 0.2) is 18.6 Å². The first-order valence-electron chi connectivity index (χ1n) is 6.49. The number of nitrogens with one attached hydrogen (secondary N) is 1. The number of aromatic nitrogens is 5. The third-order valence-electron chi connectivity index (χ3n) is 2.59. The molecule has 0 aromatic carbocycles. The van der Waals surface area contributed by atoms with E-state index in [0.717, 1.165) is 31.0 Å². The first-order valence-corrected chi connectivity index (χ1v) is 6.49. The molecule has 0 atom stereocenters. The molecule has 0 saturated carbocycles. The third-order valence-corrected chi connectivity index (χ3v) is 2.59. The van der Waals surface area contributed by atoms with Gasteiger partial charge in [0.25, 0.3) is 0 Å². The highest BCUT2D eigenvalue weighted by Crippen LogP contribution is 2.06. The van der Waals surface area contributed by atoms with Crippen molar-refractivity contribution in [3.63, 3.8) is 0 Å². The summed E-state index contributed by atoms with van der Waals surface area (Å²) in [5.74, 6) is 0.771. The van der Waals surface area contributed by atoms with Gasteiger partial charge in [-0.25, -0.2) is 4.68 Å². The molecule has 0 aliphatic carbocycles. The van der Waals surface area contributed by atoms with Gasteiger partial charge in [0, 0.05) is 19.8 Å². The van der Waals surface area contributed by atoms with Crippen LogP contribution in [0.4, 0.5) is 0 Å². The van der Waals surface area contributed by atoms with Crippen molar-refractivity contribution < 1.29 is 4.74 Å². The second kappa shape index (κ2) is 6.89. The molecule has 0 radical (unpaired) electrons. The molecule has 2 aromatic heterocycles. The average Bonchev–Trinajstić information content (AvgIpc) is 3.00. The topological polar surface area (TPSA) is 69.8 Å². The highest BCUT2D eigenvalue weighted by Gasteiger charge is 2.01.